The van der Waals surface area contributed by atoms with Gasteiger partial charge in [0, 0.05) is 37.8 Å². The summed E-state index contributed by atoms with van der Waals surface area (Å²) in [4.78, 5) is 42.7. The normalized spacial score (nSPS) is 12.8. The van der Waals surface area contributed by atoms with Crippen molar-refractivity contribution in [3.63, 3.8) is 0 Å². The number of aromatic nitrogens is 2. The molecule has 0 aliphatic carbocycles. The van der Waals surface area contributed by atoms with Crippen LogP contribution in [0.1, 0.15) is 24.5 Å². The minimum absolute atomic E-state index is 0.0187. The molecule has 2 aromatic carbocycles. The Morgan fingerprint density at radius 1 is 1.21 bits per heavy atom. The van der Waals surface area contributed by atoms with Crippen LogP contribution in [0.3, 0.4) is 0 Å². The fourth-order valence-corrected chi connectivity index (χ4v) is 3.75. The number of carbonyl (C=O) groups excluding carboxylic acids is 2. The average Bonchev–Trinajstić information content (AvgIpc) is 3.11. The summed E-state index contributed by atoms with van der Waals surface area (Å²) < 4.78 is 1.47. The average molecular weight is 390 g/mol. The van der Waals surface area contributed by atoms with E-state index in [1.165, 1.54) is 10.9 Å². The van der Waals surface area contributed by atoms with Gasteiger partial charge < -0.3 is 10.2 Å². The summed E-state index contributed by atoms with van der Waals surface area (Å²) in [6.07, 6.45) is 2.43. The van der Waals surface area contributed by atoms with Crippen LogP contribution in [0, 0.1) is 6.92 Å². The number of para-hydroxylation sites is 1. The van der Waals surface area contributed by atoms with Crippen LogP contribution in [-0.4, -0.2) is 27.9 Å². The lowest BCUT2D eigenvalue weighted by molar-refractivity contribution is -0.117. The third-order valence-electron chi connectivity index (χ3n) is 5.27. The molecule has 0 saturated heterocycles. The Labute approximate surface area is 168 Å². The summed E-state index contributed by atoms with van der Waals surface area (Å²) >= 11 is 0. The van der Waals surface area contributed by atoms with Gasteiger partial charge in [-0.3, -0.25) is 19.0 Å². The molecule has 4 rings (SSSR count). The van der Waals surface area contributed by atoms with E-state index >= 15 is 0 Å². The maximum Gasteiger partial charge on any atom is 0.261 e. The monoisotopic (exact) mass is 390 g/mol. The maximum atomic E-state index is 12.6. The van der Waals surface area contributed by atoms with Crippen LogP contribution < -0.4 is 15.8 Å². The van der Waals surface area contributed by atoms with Crippen LogP contribution in [0.5, 0.6) is 0 Å². The second-order valence-electron chi connectivity index (χ2n) is 7.28. The molecule has 1 aliphatic rings. The predicted molar refractivity (Wildman–Crippen MR) is 112 cm³/mol. The Bertz CT molecular complexity index is 1180. The molecule has 3 aromatic rings. The van der Waals surface area contributed by atoms with Gasteiger partial charge in [0.05, 0.1) is 17.2 Å². The summed E-state index contributed by atoms with van der Waals surface area (Å²) in [7, 11) is 0. The van der Waals surface area contributed by atoms with Gasteiger partial charge in [0.2, 0.25) is 11.8 Å². The Hall–Kier alpha value is -3.48. The minimum Gasteiger partial charge on any atom is -0.326 e. The number of aryl methyl sites for hydroxylation is 2. The van der Waals surface area contributed by atoms with E-state index < -0.39 is 0 Å². The summed E-state index contributed by atoms with van der Waals surface area (Å²) in [6.45, 7) is 4.39. The Morgan fingerprint density at radius 2 is 2.03 bits per heavy atom. The topological polar surface area (TPSA) is 84.3 Å². The van der Waals surface area contributed by atoms with Crippen LogP contribution >= 0.6 is 0 Å². The molecule has 0 atom stereocenters. The van der Waals surface area contributed by atoms with Crippen LogP contribution in [0.15, 0.2) is 47.5 Å². The quantitative estimate of drug-likeness (QED) is 0.742. The number of anilines is 2. The zero-order chi connectivity index (χ0) is 20.5. The molecule has 2 heterocycles. The highest BCUT2D eigenvalue weighted by molar-refractivity contribution is 5.95. The van der Waals surface area contributed by atoms with Crippen molar-refractivity contribution in [1.82, 2.24) is 9.55 Å². The molecular formula is C22H22N4O3. The second-order valence-corrected chi connectivity index (χ2v) is 7.28. The molecule has 0 fully saturated rings. The van der Waals surface area contributed by atoms with E-state index in [9.17, 15) is 14.4 Å². The van der Waals surface area contributed by atoms with Crippen molar-refractivity contribution in [3.8, 4) is 0 Å². The van der Waals surface area contributed by atoms with Crippen LogP contribution in [0.2, 0.25) is 0 Å². The fourth-order valence-electron chi connectivity index (χ4n) is 3.75. The molecule has 1 aromatic heterocycles. The summed E-state index contributed by atoms with van der Waals surface area (Å²) in [5, 5.41) is 3.43. The predicted octanol–water partition coefficient (Wildman–Crippen LogP) is 2.64. The lowest BCUT2D eigenvalue weighted by atomic mass is 10.1. The molecule has 29 heavy (non-hydrogen) atoms. The van der Waals surface area contributed by atoms with Crippen molar-refractivity contribution in [2.75, 3.05) is 16.8 Å². The van der Waals surface area contributed by atoms with Crippen LogP contribution in [0.25, 0.3) is 10.9 Å². The molecule has 0 radical (unpaired) electrons. The molecule has 0 unspecified atom stereocenters. The van der Waals surface area contributed by atoms with E-state index in [0.717, 1.165) is 23.2 Å². The summed E-state index contributed by atoms with van der Waals surface area (Å²) in [5.41, 5.74) is 4.13. The lowest BCUT2D eigenvalue weighted by Gasteiger charge is -2.15. The van der Waals surface area contributed by atoms with Crippen LogP contribution in [0.4, 0.5) is 11.4 Å². The molecule has 7 heteroatoms. The highest BCUT2D eigenvalue weighted by Gasteiger charge is 2.22. The standard InChI is InChI=1S/C22H22N4O3/c1-14-4-3-5-18-21(14)23-13-25(22(18)29)10-9-20(28)24-17-6-7-19-16(12-17)8-11-26(19)15(2)27/h3-7,12-13H,8-11H2,1-2H3,(H,24,28). The first-order valence-corrected chi connectivity index (χ1v) is 9.59. The number of amides is 2. The van der Waals surface area contributed by atoms with E-state index in [0.29, 0.717) is 23.1 Å². The van der Waals surface area contributed by atoms with Crippen molar-refractivity contribution in [2.45, 2.75) is 33.2 Å². The van der Waals surface area contributed by atoms with Gasteiger partial charge in [-0.05, 0) is 48.7 Å². The van der Waals surface area contributed by atoms with Crippen molar-refractivity contribution in [3.05, 3.63) is 64.2 Å². The van der Waals surface area contributed by atoms with E-state index in [4.69, 9.17) is 0 Å². The molecule has 1 aliphatic heterocycles. The Balaban J connectivity index is 1.44. The molecule has 2 amide bonds. The van der Waals surface area contributed by atoms with E-state index in [2.05, 4.69) is 10.3 Å². The van der Waals surface area contributed by atoms with Gasteiger partial charge in [-0.15, -0.1) is 0 Å². The largest absolute Gasteiger partial charge is 0.326 e. The molecule has 1 N–H and O–H groups in total. The number of nitrogens with one attached hydrogen (secondary N) is 1. The molecule has 7 nitrogen and oxygen atoms in total. The SMILES string of the molecule is CC(=O)N1CCc2cc(NC(=O)CCn3cnc4c(C)cccc4c3=O)ccc21. The van der Waals surface area contributed by atoms with Gasteiger partial charge in [-0.25, -0.2) is 4.98 Å². The number of fused-ring (bicyclic) bond motifs is 2. The van der Waals surface area contributed by atoms with Crippen molar-refractivity contribution < 1.29 is 9.59 Å². The molecule has 148 valence electrons. The third kappa shape index (κ3) is 3.63. The lowest BCUT2D eigenvalue weighted by Crippen LogP contribution is -2.25. The molecular weight excluding hydrogens is 368 g/mol. The van der Waals surface area contributed by atoms with Gasteiger partial charge in [-0.1, -0.05) is 12.1 Å². The molecule has 0 spiro atoms. The van der Waals surface area contributed by atoms with Crippen molar-refractivity contribution in [1.29, 1.82) is 0 Å². The second kappa shape index (κ2) is 7.50. The van der Waals surface area contributed by atoms with Gasteiger partial charge >= 0.3 is 0 Å². The van der Waals surface area contributed by atoms with Gasteiger partial charge in [0.25, 0.3) is 5.56 Å². The minimum atomic E-state index is -0.178. The summed E-state index contributed by atoms with van der Waals surface area (Å²) in [5.74, 6) is -0.159. The number of rotatable bonds is 4. The molecule has 0 saturated carbocycles. The number of benzene rings is 2. The smallest absolute Gasteiger partial charge is 0.261 e. The Morgan fingerprint density at radius 3 is 2.83 bits per heavy atom. The zero-order valence-corrected chi connectivity index (χ0v) is 16.4. The van der Waals surface area contributed by atoms with E-state index in [1.807, 2.05) is 31.2 Å². The van der Waals surface area contributed by atoms with E-state index in [1.54, 1.807) is 24.0 Å². The number of carbonyl (C=O) groups is 2. The first-order valence-electron chi connectivity index (χ1n) is 9.59. The maximum absolute atomic E-state index is 12.6. The highest BCUT2D eigenvalue weighted by atomic mass is 16.2. The van der Waals surface area contributed by atoms with Gasteiger partial charge in [0.15, 0.2) is 0 Å². The van der Waals surface area contributed by atoms with E-state index in [-0.39, 0.29) is 30.3 Å². The number of hydrogen-bond acceptors (Lipinski definition) is 4. The third-order valence-corrected chi connectivity index (χ3v) is 5.27. The first-order chi connectivity index (χ1) is 13.9. The molecule has 0 bridgehead atoms. The van der Waals surface area contributed by atoms with Crippen LogP contribution in [-0.2, 0) is 22.6 Å². The fraction of sp³-hybridized carbons (Fsp3) is 0.273. The highest BCUT2D eigenvalue weighted by Crippen LogP contribution is 2.30. The van der Waals surface area contributed by atoms with Crippen molar-refractivity contribution >= 4 is 34.1 Å². The number of hydrogen-bond donors (Lipinski definition) is 1. The van der Waals surface area contributed by atoms with Gasteiger partial charge in [-0.2, -0.15) is 0 Å². The zero-order valence-electron chi connectivity index (χ0n) is 16.4. The first kappa shape index (κ1) is 18.9. The van der Waals surface area contributed by atoms with Gasteiger partial charge in [0.1, 0.15) is 0 Å². The van der Waals surface area contributed by atoms with Crippen molar-refractivity contribution in [2.24, 2.45) is 0 Å². The Kier molecular flexibility index (Phi) is 4.88. The number of nitrogens with zero attached hydrogens (tertiary/aromatic N) is 3. The summed E-state index contributed by atoms with van der Waals surface area (Å²) in [6, 6.07) is 11.1.